The number of halogens is 4. The molecule has 48 valence electrons. The van der Waals surface area contributed by atoms with E-state index in [0.29, 0.717) is 6.08 Å². The first-order valence-corrected chi connectivity index (χ1v) is 2.19. The Morgan fingerprint density at radius 3 is 2.00 bits per heavy atom. The number of hydrogen-bond donors (Lipinski definition) is 0. The summed E-state index contributed by atoms with van der Waals surface area (Å²) in [4.78, 5) is 0. The van der Waals surface area contributed by atoms with Crippen LogP contribution in [0.4, 0.5) is 13.2 Å². The minimum atomic E-state index is -3.80. The van der Waals surface area contributed by atoms with Crippen LogP contribution in [0.1, 0.15) is 0 Å². The van der Waals surface area contributed by atoms with E-state index in [4.69, 9.17) is 0 Å². The maximum atomic E-state index is 11.6. The van der Waals surface area contributed by atoms with Crippen molar-refractivity contribution in [3.05, 3.63) is 12.7 Å². The molecule has 4 heteroatoms. The molecule has 0 aromatic heterocycles. The maximum absolute atomic E-state index is 11.6. The van der Waals surface area contributed by atoms with Crippen molar-refractivity contribution in [2.45, 2.75) is 11.6 Å². The lowest BCUT2D eigenvalue weighted by molar-refractivity contribution is 0.0298. The molecule has 8 heavy (non-hydrogen) atoms. The van der Waals surface area contributed by atoms with Gasteiger partial charge in [0.1, 0.15) is 0 Å². The van der Waals surface area contributed by atoms with E-state index >= 15 is 0 Å². The smallest absolute Gasteiger partial charge is 0.235 e. The average molecular weight is 145 g/mol. The molecule has 0 radical (unpaired) electrons. The molecule has 1 unspecified atom stereocenters. The molecular formula is C4H4ClF3. The lowest BCUT2D eigenvalue weighted by Gasteiger charge is -2.07. The van der Waals surface area contributed by atoms with Gasteiger partial charge in [0.05, 0.1) is 0 Å². The summed E-state index contributed by atoms with van der Waals surface area (Å²) in [6.45, 7) is 2.79. The van der Waals surface area contributed by atoms with Crippen molar-refractivity contribution in [2.75, 3.05) is 0 Å². The Morgan fingerprint density at radius 2 is 2.00 bits per heavy atom. The Kier molecular flexibility index (Phi) is 2.34. The van der Waals surface area contributed by atoms with E-state index in [0.717, 1.165) is 0 Å². The van der Waals surface area contributed by atoms with E-state index in [2.05, 4.69) is 18.2 Å². The van der Waals surface area contributed by atoms with Crippen LogP contribution in [0, 0.1) is 0 Å². The molecule has 0 saturated carbocycles. The summed E-state index contributed by atoms with van der Waals surface area (Å²) in [5, 5.41) is -3.80. The van der Waals surface area contributed by atoms with Crippen LogP contribution in [-0.4, -0.2) is 11.6 Å². The molecule has 0 N–H and O–H groups in total. The van der Waals surface area contributed by atoms with Gasteiger partial charge in [-0.15, -0.1) is 0 Å². The van der Waals surface area contributed by atoms with Gasteiger partial charge in [-0.3, -0.25) is 0 Å². The zero-order valence-electron chi connectivity index (χ0n) is 3.87. The van der Waals surface area contributed by atoms with Gasteiger partial charge in [0, 0.05) is 0 Å². The van der Waals surface area contributed by atoms with E-state index in [1.165, 1.54) is 0 Å². The quantitative estimate of drug-likeness (QED) is 0.412. The first kappa shape index (κ1) is 7.82. The van der Waals surface area contributed by atoms with E-state index in [-0.39, 0.29) is 0 Å². The SMILES string of the molecule is C=CC(F)C(F)(F)Cl. The normalized spacial score (nSPS) is 15.5. The monoisotopic (exact) mass is 144 g/mol. The van der Waals surface area contributed by atoms with Crippen molar-refractivity contribution < 1.29 is 13.2 Å². The highest BCUT2D eigenvalue weighted by Crippen LogP contribution is 2.26. The van der Waals surface area contributed by atoms with Crippen molar-refractivity contribution in [1.29, 1.82) is 0 Å². The van der Waals surface area contributed by atoms with Gasteiger partial charge in [-0.2, -0.15) is 8.78 Å². The predicted octanol–water partition coefficient (Wildman–Crippen LogP) is 2.34. The van der Waals surface area contributed by atoms with Gasteiger partial charge >= 0.3 is 5.38 Å². The summed E-state index contributed by atoms with van der Waals surface area (Å²) in [5.74, 6) is 0. The summed E-state index contributed by atoms with van der Waals surface area (Å²) in [5.41, 5.74) is 0. The summed E-state index contributed by atoms with van der Waals surface area (Å²) >= 11 is 4.20. The van der Waals surface area contributed by atoms with Crippen LogP contribution >= 0.6 is 11.6 Å². The van der Waals surface area contributed by atoms with Crippen LogP contribution in [0.5, 0.6) is 0 Å². The van der Waals surface area contributed by atoms with Crippen molar-refractivity contribution in [2.24, 2.45) is 0 Å². The van der Waals surface area contributed by atoms with Crippen molar-refractivity contribution in [3.8, 4) is 0 Å². The van der Waals surface area contributed by atoms with Gasteiger partial charge < -0.3 is 0 Å². The molecule has 0 bridgehead atoms. The highest BCUT2D eigenvalue weighted by molar-refractivity contribution is 6.22. The highest BCUT2D eigenvalue weighted by Gasteiger charge is 2.34. The van der Waals surface area contributed by atoms with Crippen molar-refractivity contribution in [1.82, 2.24) is 0 Å². The lowest BCUT2D eigenvalue weighted by atomic mass is 10.4. The standard InChI is InChI=1S/C4H4ClF3/c1-2-3(6)4(5,7)8/h2-3H,1H2. The Morgan fingerprint density at radius 1 is 1.62 bits per heavy atom. The van der Waals surface area contributed by atoms with Crippen LogP contribution in [0.25, 0.3) is 0 Å². The van der Waals surface area contributed by atoms with Crippen molar-refractivity contribution in [3.63, 3.8) is 0 Å². The third kappa shape index (κ3) is 2.21. The second-order valence-electron chi connectivity index (χ2n) is 1.18. The van der Waals surface area contributed by atoms with Crippen molar-refractivity contribution >= 4 is 11.6 Å². The zero-order valence-corrected chi connectivity index (χ0v) is 4.63. The number of alkyl halides is 4. The largest absolute Gasteiger partial charge is 0.355 e. The second kappa shape index (κ2) is 2.40. The molecule has 0 aliphatic heterocycles. The molecule has 0 saturated heterocycles. The molecule has 1 atom stereocenters. The van der Waals surface area contributed by atoms with Gasteiger partial charge in [0.25, 0.3) is 0 Å². The third-order valence-corrected chi connectivity index (χ3v) is 0.728. The molecule has 0 heterocycles. The lowest BCUT2D eigenvalue weighted by Crippen LogP contribution is -2.19. The topological polar surface area (TPSA) is 0 Å². The number of rotatable bonds is 2. The summed E-state index contributed by atoms with van der Waals surface area (Å²) in [6.07, 6.45) is -2.00. The molecule has 0 rings (SSSR count). The second-order valence-corrected chi connectivity index (χ2v) is 1.68. The fourth-order valence-corrected chi connectivity index (χ4v) is 0.223. The van der Waals surface area contributed by atoms with E-state index in [1.54, 1.807) is 0 Å². The van der Waals surface area contributed by atoms with Gasteiger partial charge in [0.2, 0.25) is 0 Å². The summed E-state index contributed by atoms with van der Waals surface area (Å²) in [7, 11) is 0. The molecule has 0 aliphatic rings. The van der Waals surface area contributed by atoms with E-state index in [9.17, 15) is 13.2 Å². The Bertz CT molecular complexity index is 85.8. The van der Waals surface area contributed by atoms with Crippen LogP contribution in [0.3, 0.4) is 0 Å². The van der Waals surface area contributed by atoms with Crippen LogP contribution in [0.15, 0.2) is 12.7 Å². The third-order valence-electron chi connectivity index (χ3n) is 0.520. The zero-order chi connectivity index (χ0) is 6.78. The Balaban J connectivity index is 3.80. The number of hydrogen-bond acceptors (Lipinski definition) is 0. The molecule has 0 amide bonds. The first-order valence-electron chi connectivity index (χ1n) is 1.82. The minimum Gasteiger partial charge on any atom is -0.235 e. The number of allylic oxidation sites excluding steroid dienone is 1. The van der Waals surface area contributed by atoms with Crippen LogP contribution in [-0.2, 0) is 0 Å². The van der Waals surface area contributed by atoms with Crippen LogP contribution < -0.4 is 0 Å². The van der Waals surface area contributed by atoms with E-state index < -0.39 is 11.6 Å². The molecule has 0 aromatic carbocycles. The fraction of sp³-hybridized carbons (Fsp3) is 0.500. The van der Waals surface area contributed by atoms with Gasteiger partial charge in [-0.25, -0.2) is 4.39 Å². The van der Waals surface area contributed by atoms with Gasteiger partial charge in [-0.05, 0) is 11.6 Å². The van der Waals surface area contributed by atoms with Gasteiger partial charge in [0.15, 0.2) is 6.17 Å². The Hall–Kier alpha value is -0.180. The predicted molar refractivity (Wildman–Crippen MR) is 25.9 cm³/mol. The molecule has 0 aromatic rings. The minimum absolute atomic E-state index is 0.451. The fourth-order valence-electron chi connectivity index (χ4n) is 0.134. The van der Waals surface area contributed by atoms with Crippen LogP contribution in [0.2, 0.25) is 0 Å². The van der Waals surface area contributed by atoms with E-state index in [1.807, 2.05) is 0 Å². The molecule has 0 aliphatic carbocycles. The molecule has 0 fully saturated rings. The first-order chi connectivity index (χ1) is 3.48. The Labute approximate surface area is 49.9 Å². The highest BCUT2D eigenvalue weighted by atomic mass is 35.5. The average Bonchev–Trinajstić information content (AvgIpc) is 1.62. The summed E-state index contributed by atoms with van der Waals surface area (Å²) < 4.78 is 34.5. The van der Waals surface area contributed by atoms with Gasteiger partial charge in [-0.1, -0.05) is 12.7 Å². The maximum Gasteiger partial charge on any atom is 0.355 e. The summed E-state index contributed by atoms with van der Waals surface area (Å²) in [6, 6.07) is 0. The molecule has 0 nitrogen and oxygen atoms in total. The molecule has 0 spiro atoms. The molecular weight excluding hydrogens is 140 g/mol.